The third kappa shape index (κ3) is 5.32. The van der Waals surface area contributed by atoms with Gasteiger partial charge < -0.3 is 10.1 Å². The molecule has 1 aliphatic heterocycles. The molecule has 1 aliphatic carbocycles. The van der Waals surface area contributed by atoms with E-state index in [0.29, 0.717) is 18.8 Å². The number of hydrogen-bond donors (Lipinski definition) is 1. The number of piperidine rings is 1. The third-order valence-corrected chi connectivity index (χ3v) is 7.25. The van der Waals surface area contributed by atoms with E-state index in [1.807, 2.05) is 0 Å². The molecule has 2 aliphatic rings. The van der Waals surface area contributed by atoms with Gasteiger partial charge in [0, 0.05) is 18.8 Å². The highest BCUT2D eigenvalue weighted by Crippen LogP contribution is 2.25. The van der Waals surface area contributed by atoms with Gasteiger partial charge in [0.15, 0.2) is 6.61 Å². The Hall–Kier alpha value is -1.93. The summed E-state index contributed by atoms with van der Waals surface area (Å²) in [4.78, 5) is 24.3. The van der Waals surface area contributed by atoms with Crippen molar-refractivity contribution in [3.05, 3.63) is 24.3 Å². The topological polar surface area (TPSA) is 92.8 Å². The normalized spacial score (nSPS) is 19.1. The monoisotopic (exact) mass is 408 g/mol. The molecule has 0 bridgehead atoms. The maximum atomic E-state index is 12.8. The van der Waals surface area contributed by atoms with Gasteiger partial charge in [0.2, 0.25) is 10.0 Å². The second-order valence-corrected chi connectivity index (χ2v) is 9.42. The summed E-state index contributed by atoms with van der Waals surface area (Å²) in [5, 5.41) is 2.62. The van der Waals surface area contributed by atoms with Gasteiger partial charge in [0.25, 0.3) is 5.91 Å². The fourth-order valence-electron chi connectivity index (χ4n) is 3.78. The molecular formula is C20H28N2O5S. The van der Waals surface area contributed by atoms with Gasteiger partial charge in [0.1, 0.15) is 0 Å². The molecule has 0 radical (unpaired) electrons. The number of esters is 1. The van der Waals surface area contributed by atoms with Crippen LogP contribution in [0.3, 0.4) is 0 Å². The maximum absolute atomic E-state index is 12.8. The molecule has 8 heteroatoms. The van der Waals surface area contributed by atoms with E-state index in [9.17, 15) is 18.0 Å². The van der Waals surface area contributed by atoms with E-state index in [-0.39, 0.29) is 23.4 Å². The largest absolute Gasteiger partial charge is 0.455 e. The highest BCUT2D eigenvalue weighted by molar-refractivity contribution is 7.89. The first-order valence-corrected chi connectivity index (χ1v) is 11.5. The Bertz CT molecular complexity index is 797. The van der Waals surface area contributed by atoms with Crippen LogP contribution in [0.2, 0.25) is 0 Å². The van der Waals surface area contributed by atoms with Crippen LogP contribution < -0.4 is 5.32 Å². The van der Waals surface area contributed by atoms with Crippen molar-refractivity contribution in [2.24, 2.45) is 5.92 Å². The first-order valence-electron chi connectivity index (χ1n) is 10.0. The molecule has 0 aromatic heterocycles. The lowest BCUT2D eigenvalue weighted by atomic mass is 9.89. The number of carbonyl (C=O) groups is 2. The molecule has 1 saturated heterocycles. The van der Waals surface area contributed by atoms with E-state index in [1.165, 1.54) is 16.4 Å². The Morgan fingerprint density at radius 3 is 2.43 bits per heavy atom. The Balaban J connectivity index is 1.56. The molecule has 1 N–H and O–H groups in total. The number of amides is 1. The molecule has 3 rings (SSSR count). The number of anilines is 1. The smallest absolute Gasteiger partial charge is 0.309 e. The molecule has 0 atom stereocenters. The molecule has 1 amide bonds. The van der Waals surface area contributed by atoms with Gasteiger partial charge >= 0.3 is 5.97 Å². The molecule has 0 unspecified atom stereocenters. The summed E-state index contributed by atoms with van der Waals surface area (Å²) < 4.78 is 32.1. The van der Waals surface area contributed by atoms with Crippen molar-refractivity contribution in [3.8, 4) is 0 Å². The van der Waals surface area contributed by atoms with Gasteiger partial charge in [-0.15, -0.1) is 0 Å². The Morgan fingerprint density at radius 1 is 1.04 bits per heavy atom. The van der Waals surface area contributed by atoms with Crippen molar-refractivity contribution in [1.82, 2.24) is 4.31 Å². The fraction of sp³-hybridized carbons (Fsp3) is 0.600. The zero-order chi connectivity index (χ0) is 20.0. The van der Waals surface area contributed by atoms with Crippen LogP contribution in [0.4, 0.5) is 5.69 Å². The number of rotatable bonds is 6. The van der Waals surface area contributed by atoms with E-state index in [0.717, 1.165) is 51.4 Å². The van der Waals surface area contributed by atoms with Crippen molar-refractivity contribution in [2.75, 3.05) is 25.0 Å². The summed E-state index contributed by atoms with van der Waals surface area (Å²) in [6, 6.07) is 6.20. The van der Waals surface area contributed by atoms with Crippen molar-refractivity contribution in [1.29, 1.82) is 0 Å². The van der Waals surface area contributed by atoms with Gasteiger partial charge in [-0.25, -0.2) is 8.42 Å². The van der Waals surface area contributed by atoms with Crippen LogP contribution >= 0.6 is 0 Å². The average Bonchev–Trinajstić information content (AvgIpc) is 2.73. The fourth-order valence-corrected chi connectivity index (χ4v) is 5.34. The summed E-state index contributed by atoms with van der Waals surface area (Å²) in [5.41, 5.74) is 0.372. The van der Waals surface area contributed by atoms with E-state index < -0.39 is 15.9 Å². The number of nitrogens with one attached hydrogen (secondary N) is 1. The van der Waals surface area contributed by atoms with Crippen molar-refractivity contribution in [2.45, 2.75) is 56.3 Å². The van der Waals surface area contributed by atoms with Crippen LogP contribution in [0, 0.1) is 5.92 Å². The number of nitrogens with zero attached hydrogens (tertiary/aromatic N) is 1. The predicted octanol–water partition coefficient (Wildman–Crippen LogP) is 2.92. The van der Waals surface area contributed by atoms with E-state index in [1.54, 1.807) is 12.1 Å². The second kappa shape index (κ2) is 9.52. The molecule has 7 nitrogen and oxygen atoms in total. The first-order chi connectivity index (χ1) is 13.5. The molecule has 1 aromatic carbocycles. The van der Waals surface area contributed by atoms with E-state index in [4.69, 9.17) is 4.74 Å². The summed E-state index contributed by atoms with van der Waals surface area (Å²) in [7, 11) is -3.56. The maximum Gasteiger partial charge on any atom is 0.309 e. The predicted molar refractivity (Wildman–Crippen MR) is 105 cm³/mol. The molecule has 1 heterocycles. The SMILES string of the molecule is O=C(COC(=O)C1CCCCC1)Nc1cccc(S(=O)(=O)N2CCCCC2)c1. The lowest BCUT2D eigenvalue weighted by Crippen LogP contribution is -2.35. The highest BCUT2D eigenvalue weighted by Gasteiger charge is 2.26. The quantitative estimate of drug-likeness (QED) is 0.731. The van der Waals surface area contributed by atoms with E-state index >= 15 is 0 Å². The average molecular weight is 409 g/mol. The van der Waals surface area contributed by atoms with Gasteiger partial charge in [0.05, 0.1) is 10.8 Å². The second-order valence-electron chi connectivity index (χ2n) is 7.48. The molecule has 0 spiro atoms. The summed E-state index contributed by atoms with van der Waals surface area (Å²) in [6.45, 7) is 0.685. The van der Waals surface area contributed by atoms with Crippen LogP contribution in [0.5, 0.6) is 0 Å². The number of sulfonamides is 1. The van der Waals surface area contributed by atoms with Crippen LogP contribution in [0.25, 0.3) is 0 Å². The van der Waals surface area contributed by atoms with Crippen LogP contribution in [0.15, 0.2) is 29.2 Å². The molecule has 154 valence electrons. The zero-order valence-corrected chi connectivity index (χ0v) is 16.9. The lowest BCUT2D eigenvalue weighted by Gasteiger charge is -2.26. The number of hydrogen-bond acceptors (Lipinski definition) is 5. The van der Waals surface area contributed by atoms with Gasteiger partial charge in [-0.1, -0.05) is 31.7 Å². The minimum atomic E-state index is -3.56. The minimum Gasteiger partial charge on any atom is -0.455 e. The summed E-state index contributed by atoms with van der Waals surface area (Å²) in [5.74, 6) is -0.910. The molecule has 2 fully saturated rings. The third-order valence-electron chi connectivity index (χ3n) is 5.35. The van der Waals surface area contributed by atoms with Crippen molar-refractivity contribution >= 4 is 27.6 Å². The van der Waals surface area contributed by atoms with Gasteiger partial charge in [-0.2, -0.15) is 4.31 Å². The molecule has 1 saturated carbocycles. The Kier molecular flexibility index (Phi) is 7.07. The Morgan fingerprint density at radius 2 is 1.71 bits per heavy atom. The van der Waals surface area contributed by atoms with Crippen molar-refractivity contribution in [3.63, 3.8) is 0 Å². The zero-order valence-electron chi connectivity index (χ0n) is 16.1. The highest BCUT2D eigenvalue weighted by atomic mass is 32.2. The summed E-state index contributed by atoms with van der Waals surface area (Å²) >= 11 is 0. The van der Waals surface area contributed by atoms with Crippen molar-refractivity contribution < 1.29 is 22.7 Å². The molecule has 28 heavy (non-hydrogen) atoms. The summed E-state index contributed by atoms with van der Waals surface area (Å²) in [6.07, 6.45) is 7.58. The van der Waals surface area contributed by atoms with Gasteiger partial charge in [-0.05, 0) is 43.9 Å². The van der Waals surface area contributed by atoms with Gasteiger partial charge in [-0.3, -0.25) is 9.59 Å². The van der Waals surface area contributed by atoms with Crippen LogP contribution in [0.1, 0.15) is 51.4 Å². The minimum absolute atomic E-state index is 0.112. The molecule has 1 aromatic rings. The number of benzene rings is 1. The lowest BCUT2D eigenvalue weighted by molar-refractivity contribution is -0.152. The standard InChI is InChI=1S/C20H28N2O5S/c23-19(15-27-20(24)16-8-3-1-4-9-16)21-17-10-7-11-18(14-17)28(25,26)22-12-5-2-6-13-22/h7,10-11,14,16H,1-6,8-9,12-13,15H2,(H,21,23). The van der Waals surface area contributed by atoms with E-state index in [2.05, 4.69) is 5.32 Å². The molecular weight excluding hydrogens is 380 g/mol. The number of ether oxygens (including phenoxy) is 1. The first kappa shape index (κ1) is 20.8. The van der Waals surface area contributed by atoms with Crippen LogP contribution in [-0.4, -0.2) is 44.3 Å². The number of carbonyl (C=O) groups excluding carboxylic acids is 2. The van der Waals surface area contributed by atoms with Crippen LogP contribution in [-0.2, 0) is 24.3 Å². The Labute approximate surface area is 166 Å².